The van der Waals surface area contributed by atoms with Gasteiger partial charge >= 0.3 is 0 Å². The largest absolute Gasteiger partial charge is 0.328 e. The Kier molecular flexibility index (Phi) is 4.55. The molecule has 15 heavy (non-hydrogen) atoms. The summed E-state index contributed by atoms with van der Waals surface area (Å²) in [6.07, 6.45) is 4.44. The van der Waals surface area contributed by atoms with Gasteiger partial charge in [0.15, 0.2) is 0 Å². The summed E-state index contributed by atoms with van der Waals surface area (Å²) in [6.45, 7) is 0. The fourth-order valence-corrected chi connectivity index (χ4v) is 2.29. The van der Waals surface area contributed by atoms with Gasteiger partial charge in [0.2, 0.25) is 0 Å². The van der Waals surface area contributed by atoms with E-state index in [1.165, 1.54) is 12.5 Å². The van der Waals surface area contributed by atoms with Crippen LogP contribution in [0, 0.1) is 5.82 Å². The van der Waals surface area contributed by atoms with Crippen molar-refractivity contribution in [2.24, 2.45) is 5.73 Å². The molecule has 1 aromatic carbocycles. The lowest BCUT2D eigenvalue weighted by atomic mass is 9.82. The van der Waals surface area contributed by atoms with E-state index in [-0.39, 0.29) is 18.2 Å². The lowest BCUT2D eigenvalue weighted by molar-refractivity contribution is 0.392. The number of hydrogen-bond donors (Lipinski definition) is 1. The predicted molar refractivity (Wildman–Crippen MR) is 62.8 cm³/mol. The minimum absolute atomic E-state index is 0. The monoisotopic (exact) mass is 229 g/mol. The Morgan fingerprint density at radius 2 is 2.07 bits per heavy atom. The number of halogens is 2. The first-order valence-corrected chi connectivity index (χ1v) is 5.27. The van der Waals surface area contributed by atoms with Crippen LogP contribution in [0.3, 0.4) is 0 Å². The molecular formula is C12H17ClFN. The molecule has 2 atom stereocenters. The van der Waals surface area contributed by atoms with Crippen LogP contribution in [0.4, 0.5) is 4.39 Å². The highest BCUT2D eigenvalue weighted by molar-refractivity contribution is 5.85. The van der Waals surface area contributed by atoms with Crippen molar-refractivity contribution in [1.29, 1.82) is 0 Å². The van der Waals surface area contributed by atoms with E-state index in [0.717, 1.165) is 24.8 Å². The van der Waals surface area contributed by atoms with E-state index in [4.69, 9.17) is 5.73 Å². The van der Waals surface area contributed by atoms with Crippen LogP contribution in [-0.2, 0) is 0 Å². The predicted octanol–water partition coefficient (Wildman–Crippen LogP) is 3.23. The first-order chi connectivity index (χ1) is 6.75. The van der Waals surface area contributed by atoms with Crippen molar-refractivity contribution in [3.05, 3.63) is 35.6 Å². The van der Waals surface area contributed by atoms with Crippen molar-refractivity contribution in [1.82, 2.24) is 0 Å². The normalized spacial score (nSPS) is 25.7. The molecule has 0 aromatic heterocycles. The average molecular weight is 230 g/mol. The second-order valence-corrected chi connectivity index (χ2v) is 4.18. The van der Waals surface area contributed by atoms with Gasteiger partial charge in [-0.05, 0) is 42.9 Å². The summed E-state index contributed by atoms with van der Waals surface area (Å²) in [5.74, 6) is 0.330. The van der Waals surface area contributed by atoms with Gasteiger partial charge < -0.3 is 5.73 Å². The fraction of sp³-hybridized carbons (Fsp3) is 0.500. The first kappa shape index (κ1) is 12.5. The molecule has 0 heterocycles. The second kappa shape index (κ2) is 5.47. The van der Waals surface area contributed by atoms with Crippen LogP contribution in [0.15, 0.2) is 24.3 Å². The molecule has 2 N–H and O–H groups in total. The van der Waals surface area contributed by atoms with Gasteiger partial charge in [0.05, 0.1) is 0 Å². The topological polar surface area (TPSA) is 26.0 Å². The van der Waals surface area contributed by atoms with Gasteiger partial charge in [0.1, 0.15) is 5.82 Å². The standard InChI is InChI=1S/C12H16FN.ClH/c13-11-5-1-3-9(7-11)10-4-2-6-12(14)8-10;/h1,3,5,7,10,12H,2,4,6,8,14H2;1H. The summed E-state index contributed by atoms with van der Waals surface area (Å²) < 4.78 is 13.0. The highest BCUT2D eigenvalue weighted by Gasteiger charge is 2.20. The molecule has 0 aliphatic heterocycles. The minimum Gasteiger partial charge on any atom is -0.328 e. The van der Waals surface area contributed by atoms with Crippen LogP contribution in [0.1, 0.15) is 37.2 Å². The molecule has 0 spiro atoms. The van der Waals surface area contributed by atoms with E-state index >= 15 is 0 Å². The van der Waals surface area contributed by atoms with Gasteiger partial charge in [-0.25, -0.2) is 4.39 Å². The molecule has 1 aliphatic rings. The molecule has 2 rings (SSSR count). The number of nitrogens with two attached hydrogens (primary N) is 1. The summed E-state index contributed by atoms with van der Waals surface area (Å²) in [6, 6.07) is 7.22. The molecule has 1 aromatic rings. The van der Waals surface area contributed by atoms with Crippen molar-refractivity contribution in [2.45, 2.75) is 37.6 Å². The molecule has 0 bridgehead atoms. The Morgan fingerprint density at radius 1 is 1.27 bits per heavy atom. The van der Waals surface area contributed by atoms with Crippen molar-refractivity contribution in [3.63, 3.8) is 0 Å². The molecule has 1 nitrogen and oxygen atoms in total. The summed E-state index contributed by atoms with van der Waals surface area (Å²) in [7, 11) is 0. The van der Waals surface area contributed by atoms with Crippen molar-refractivity contribution >= 4 is 12.4 Å². The molecule has 2 unspecified atom stereocenters. The molecular weight excluding hydrogens is 213 g/mol. The number of benzene rings is 1. The third-order valence-corrected chi connectivity index (χ3v) is 3.03. The van der Waals surface area contributed by atoms with Gasteiger partial charge in [-0.15, -0.1) is 12.4 Å². The summed E-state index contributed by atoms with van der Waals surface area (Å²) >= 11 is 0. The van der Waals surface area contributed by atoms with Gasteiger partial charge in [-0.2, -0.15) is 0 Å². The Morgan fingerprint density at radius 3 is 2.73 bits per heavy atom. The van der Waals surface area contributed by atoms with Crippen LogP contribution in [0.5, 0.6) is 0 Å². The van der Waals surface area contributed by atoms with Crippen molar-refractivity contribution in [2.75, 3.05) is 0 Å². The number of hydrogen-bond acceptors (Lipinski definition) is 1. The summed E-state index contributed by atoms with van der Waals surface area (Å²) in [4.78, 5) is 0. The first-order valence-electron chi connectivity index (χ1n) is 5.27. The van der Waals surface area contributed by atoms with Crippen LogP contribution in [0.2, 0.25) is 0 Å². The second-order valence-electron chi connectivity index (χ2n) is 4.18. The molecule has 1 saturated carbocycles. The van der Waals surface area contributed by atoms with Crippen molar-refractivity contribution < 1.29 is 4.39 Å². The molecule has 0 amide bonds. The van der Waals surface area contributed by atoms with E-state index in [1.807, 2.05) is 6.07 Å². The van der Waals surface area contributed by atoms with E-state index in [1.54, 1.807) is 12.1 Å². The third kappa shape index (κ3) is 3.18. The van der Waals surface area contributed by atoms with Gasteiger partial charge in [0, 0.05) is 6.04 Å². The Bertz CT molecular complexity index is 316. The van der Waals surface area contributed by atoms with Crippen LogP contribution < -0.4 is 5.73 Å². The van der Waals surface area contributed by atoms with E-state index < -0.39 is 0 Å². The lowest BCUT2D eigenvalue weighted by Crippen LogP contribution is -2.26. The van der Waals surface area contributed by atoms with Crippen molar-refractivity contribution in [3.8, 4) is 0 Å². The van der Waals surface area contributed by atoms with Crippen LogP contribution in [0.25, 0.3) is 0 Å². The highest BCUT2D eigenvalue weighted by atomic mass is 35.5. The zero-order valence-electron chi connectivity index (χ0n) is 8.66. The summed E-state index contributed by atoms with van der Waals surface area (Å²) in [5.41, 5.74) is 7.02. The molecule has 1 aliphatic carbocycles. The Balaban J connectivity index is 0.00000112. The average Bonchev–Trinajstić information content (AvgIpc) is 2.18. The maximum absolute atomic E-state index is 13.0. The quantitative estimate of drug-likeness (QED) is 0.786. The van der Waals surface area contributed by atoms with Crippen LogP contribution in [-0.4, -0.2) is 6.04 Å². The third-order valence-electron chi connectivity index (χ3n) is 3.03. The molecule has 84 valence electrons. The zero-order chi connectivity index (χ0) is 9.97. The lowest BCUT2D eigenvalue weighted by Gasteiger charge is -2.26. The zero-order valence-corrected chi connectivity index (χ0v) is 9.47. The van der Waals surface area contributed by atoms with Gasteiger partial charge in [0.25, 0.3) is 0 Å². The number of rotatable bonds is 1. The maximum Gasteiger partial charge on any atom is 0.123 e. The van der Waals surface area contributed by atoms with E-state index in [2.05, 4.69) is 0 Å². The minimum atomic E-state index is -0.137. The van der Waals surface area contributed by atoms with E-state index in [0.29, 0.717) is 12.0 Å². The Hall–Kier alpha value is -0.600. The maximum atomic E-state index is 13.0. The van der Waals surface area contributed by atoms with Crippen LogP contribution >= 0.6 is 12.4 Å². The SMILES string of the molecule is Cl.NC1CCCC(c2cccc(F)c2)C1. The fourth-order valence-electron chi connectivity index (χ4n) is 2.29. The molecule has 0 saturated heterocycles. The molecule has 0 radical (unpaired) electrons. The highest BCUT2D eigenvalue weighted by Crippen LogP contribution is 2.32. The van der Waals surface area contributed by atoms with E-state index in [9.17, 15) is 4.39 Å². The molecule has 3 heteroatoms. The Labute approximate surface area is 96.3 Å². The smallest absolute Gasteiger partial charge is 0.123 e. The molecule has 1 fully saturated rings. The van der Waals surface area contributed by atoms with Gasteiger partial charge in [-0.1, -0.05) is 18.6 Å². The summed E-state index contributed by atoms with van der Waals surface area (Å²) in [5, 5.41) is 0. The van der Waals surface area contributed by atoms with Gasteiger partial charge in [-0.3, -0.25) is 0 Å².